The van der Waals surface area contributed by atoms with E-state index in [0.29, 0.717) is 22.0 Å². The number of ether oxygens (including phenoxy) is 2. The number of nitrogens with one attached hydrogen (secondary N) is 1. The van der Waals surface area contributed by atoms with E-state index in [1.807, 2.05) is 37.3 Å². The van der Waals surface area contributed by atoms with Crippen LogP contribution in [0.1, 0.15) is 28.6 Å². The number of fused-ring (bicyclic) bond motifs is 1. The van der Waals surface area contributed by atoms with Crippen molar-refractivity contribution in [2.24, 2.45) is 0 Å². The predicted octanol–water partition coefficient (Wildman–Crippen LogP) is 5.22. The molecule has 0 saturated carbocycles. The number of halogens is 1. The molecule has 0 aliphatic rings. The van der Waals surface area contributed by atoms with Gasteiger partial charge < -0.3 is 14.8 Å². The summed E-state index contributed by atoms with van der Waals surface area (Å²) in [5.41, 5.74) is 0.525. The summed E-state index contributed by atoms with van der Waals surface area (Å²) in [7, 11) is 1.44. The van der Waals surface area contributed by atoms with Gasteiger partial charge in [-0.15, -0.1) is 11.3 Å². The van der Waals surface area contributed by atoms with Crippen LogP contribution < -0.4 is 14.8 Å². The Morgan fingerprint density at radius 3 is 2.68 bits per heavy atom. The zero-order valence-corrected chi connectivity index (χ0v) is 18.5. The lowest BCUT2D eigenvalue weighted by Crippen LogP contribution is -2.25. The van der Waals surface area contributed by atoms with E-state index in [9.17, 15) is 14.9 Å². The minimum absolute atomic E-state index is 0.0303. The molecule has 1 N–H and O–H groups in total. The summed E-state index contributed by atoms with van der Waals surface area (Å²) < 4.78 is 11.7. The number of nitrogens with zero attached hydrogens (tertiary/aromatic N) is 1. The standard InChI is InChI=1S/C23H19ClN2O4S/c1-3-10-26-22(27)15(13-25)11-14-8-9-17(18(12-14)29-2)30-23(28)21-20(24)16-6-4-5-7-19(16)31-21/h4-9,11-12H,3,10H2,1-2H3,(H,26,27)/b15-11+. The topological polar surface area (TPSA) is 88.4 Å². The van der Waals surface area contributed by atoms with E-state index < -0.39 is 11.9 Å². The van der Waals surface area contributed by atoms with Crippen LogP contribution in [0.15, 0.2) is 48.0 Å². The first-order chi connectivity index (χ1) is 15.0. The molecule has 0 aliphatic heterocycles. The van der Waals surface area contributed by atoms with Gasteiger partial charge in [-0.05, 0) is 36.3 Å². The minimum atomic E-state index is -0.593. The van der Waals surface area contributed by atoms with E-state index >= 15 is 0 Å². The summed E-state index contributed by atoms with van der Waals surface area (Å²) in [6, 6.07) is 14.1. The summed E-state index contributed by atoms with van der Waals surface area (Å²) in [5, 5.41) is 13.1. The van der Waals surface area contributed by atoms with E-state index in [0.717, 1.165) is 16.5 Å². The van der Waals surface area contributed by atoms with Crippen molar-refractivity contribution in [1.29, 1.82) is 5.26 Å². The number of thiophene rings is 1. The molecule has 0 atom stereocenters. The van der Waals surface area contributed by atoms with E-state index in [4.69, 9.17) is 21.1 Å². The highest BCUT2D eigenvalue weighted by molar-refractivity contribution is 7.21. The van der Waals surface area contributed by atoms with E-state index in [2.05, 4.69) is 5.32 Å². The summed E-state index contributed by atoms with van der Waals surface area (Å²) >= 11 is 7.61. The number of benzene rings is 2. The molecule has 158 valence electrons. The van der Waals surface area contributed by atoms with Crippen molar-refractivity contribution in [3.8, 4) is 17.6 Å². The van der Waals surface area contributed by atoms with Crippen LogP contribution in [0.25, 0.3) is 16.2 Å². The average Bonchev–Trinajstić information content (AvgIpc) is 3.13. The van der Waals surface area contributed by atoms with Crippen LogP contribution >= 0.6 is 22.9 Å². The zero-order chi connectivity index (χ0) is 22.4. The smallest absolute Gasteiger partial charge is 0.355 e. The molecular formula is C23H19ClN2O4S. The second-order valence-electron chi connectivity index (χ2n) is 6.47. The van der Waals surface area contributed by atoms with Gasteiger partial charge in [0, 0.05) is 16.6 Å². The molecule has 6 nitrogen and oxygen atoms in total. The fourth-order valence-corrected chi connectivity index (χ4v) is 4.18. The summed E-state index contributed by atoms with van der Waals surface area (Å²) in [4.78, 5) is 25.1. The highest BCUT2D eigenvalue weighted by atomic mass is 35.5. The van der Waals surface area contributed by atoms with E-state index in [1.165, 1.54) is 24.5 Å². The number of rotatable bonds is 7. The monoisotopic (exact) mass is 454 g/mol. The first-order valence-electron chi connectivity index (χ1n) is 9.45. The highest BCUT2D eigenvalue weighted by Crippen LogP contribution is 2.37. The van der Waals surface area contributed by atoms with E-state index in [-0.39, 0.29) is 17.1 Å². The van der Waals surface area contributed by atoms with Gasteiger partial charge in [0.1, 0.15) is 16.5 Å². The third kappa shape index (κ3) is 5.05. The van der Waals surface area contributed by atoms with Gasteiger partial charge in [0.25, 0.3) is 5.91 Å². The molecule has 3 aromatic rings. The van der Waals surface area contributed by atoms with Gasteiger partial charge in [0.2, 0.25) is 0 Å². The number of amides is 1. The lowest BCUT2D eigenvalue weighted by atomic mass is 10.1. The molecule has 8 heteroatoms. The fourth-order valence-electron chi connectivity index (χ4n) is 2.80. The Morgan fingerprint density at radius 2 is 2.00 bits per heavy atom. The molecule has 0 radical (unpaired) electrons. The third-order valence-corrected chi connectivity index (χ3v) is 5.98. The van der Waals surface area contributed by atoms with Gasteiger partial charge in [-0.25, -0.2) is 4.79 Å². The molecule has 1 amide bonds. The Balaban J connectivity index is 1.85. The Labute approximate surface area is 188 Å². The predicted molar refractivity (Wildman–Crippen MR) is 122 cm³/mol. The molecule has 0 aliphatic carbocycles. The van der Waals surface area contributed by atoms with Gasteiger partial charge >= 0.3 is 5.97 Å². The number of carbonyl (C=O) groups is 2. The van der Waals surface area contributed by atoms with Crippen molar-refractivity contribution >= 4 is 51.0 Å². The lowest BCUT2D eigenvalue weighted by molar-refractivity contribution is -0.117. The first-order valence-corrected chi connectivity index (χ1v) is 10.6. The van der Waals surface area contributed by atoms with Gasteiger partial charge in [-0.1, -0.05) is 42.8 Å². The van der Waals surface area contributed by atoms with Crippen molar-refractivity contribution in [1.82, 2.24) is 5.32 Å². The summed E-state index contributed by atoms with van der Waals surface area (Å²) in [5.74, 6) is -0.555. The molecule has 3 rings (SSSR count). The summed E-state index contributed by atoms with van der Waals surface area (Å²) in [6.07, 6.45) is 2.21. The maximum Gasteiger partial charge on any atom is 0.355 e. The maximum atomic E-state index is 12.7. The van der Waals surface area contributed by atoms with Gasteiger partial charge in [0.15, 0.2) is 11.5 Å². The molecule has 0 unspecified atom stereocenters. The SMILES string of the molecule is CCCNC(=O)/C(C#N)=C/c1ccc(OC(=O)c2sc3ccccc3c2Cl)c(OC)c1. The number of nitriles is 1. The van der Waals surface area contributed by atoms with Crippen molar-refractivity contribution in [2.75, 3.05) is 13.7 Å². The highest BCUT2D eigenvalue weighted by Gasteiger charge is 2.20. The van der Waals surface area contributed by atoms with Crippen LogP contribution in [0.2, 0.25) is 5.02 Å². The number of methoxy groups -OCH3 is 1. The van der Waals surface area contributed by atoms with Crippen molar-refractivity contribution in [3.63, 3.8) is 0 Å². The number of hydrogen-bond donors (Lipinski definition) is 1. The third-order valence-electron chi connectivity index (χ3n) is 4.32. The molecule has 0 spiro atoms. The van der Waals surface area contributed by atoms with Crippen molar-refractivity contribution < 1.29 is 19.1 Å². The number of carbonyl (C=O) groups excluding carboxylic acids is 2. The van der Waals surface area contributed by atoms with Crippen LogP contribution in [0, 0.1) is 11.3 Å². The molecule has 0 saturated heterocycles. The molecule has 1 aromatic heterocycles. The molecule has 1 heterocycles. The van der Waals surface area contributed by atoms with Crippen molar-refractivity contribution in [3.05, 3.63) is 63.5 Å². The quantitative estimate of drug-likeness (QED) is 0.229. The molecular weight excluding hydrogens is 436 g/mol. The second-order valence-corrected chi connectivity index (χ2v) is 7.90. The van der Waals surface area contributed by atoms with Crippen LogP contribution in [-0.2, 0) is 4.79 Å². The van der Waals surface area contributed by atoms with Crippen LogP contribution in [-0.4, -0.2) is 25.5 Å². The van der Waals surface area contributed by atoms with Crippen molar-refractivity contribution in [2.45, 2.75) is 13.3 Å². The lowest BCUT2D eigenvalue weighted by Gasteiger charge is -2.10. The molecule has 31 heavy (non-hydrogen) atoms. The fraction of sp³-hybridized carbons (Fsp3) is 0.174. The van der Waals surface area contributed by atoms with Crippen LogP contribution in [0.4, 0.5) is 0 Å². The normalized spacial score (nSPS) is 11.1. The minimum Gasteiger partial charge on any atom is -0.493 e. The zero-order valence-electron chi connectivity index (χ0n) is 16.9. The van der Waals surface area contributed by atoms with Crippen LogP contribution in [0.5, 0.6) is 11.5 Å². The molecule has 2 aromatic carbocycles. The Kier molecular flexibility index (Phi) is 7.29. The largest absolute Gasteiger partial charge is 0.493 e. The Bertz CT molecular complexity index is 1210. The average molecular weight is 455 g/mol. The van der Waals surface area contributed by atoms with Gasteiger partial charge in [0.05, 0.1) is 12.1 Å². The maximum absolute atomic E-state index is 12.7. The number of hydrogen-bond acceptors (Lipinski definition) is 6. The van der Waals surface area contributed by atoms with Gasteiger partial charge in [-0.3, -0.25) is 4.79 Å². The Morgan fingerprint density at radius 1 is 1.23 bits per heavy atom. The number of esters is 1. The van der Waals surface area contributed by atoms with Crippen LogP contribution in [0.3, 0.4) is 0 Å². The van der Waals surface area contributed by atoms with E-state index in [1.54, 1.807) is 18.2 Å². The second kappa shape index (κ2) is 10.1. The molecule has 0 fully saturated rings. The Hall–Kier alpha value is -3.34. The summed E-state index contributed by atoms with van der Waals surface area (Å²) in [6.45, 7) is 2.41. The molecule has 0 bridgehead atoms. The van der Waals surface area contributed by atoms with Gasteiger partial charge in [-0.2, -0.15) is 5.26 Å². The first kappa shape index (κ1) is 22.3.